The molecule has 0 aromatic carbocycles. The van der Waals surface area contributed by atoms with Crippen LogP contribution >= 0.6 is 0 Å². The molecule has 2 heterocycles. The van der Waals surface area contributed by atoms with Crippen LogP contribution < -0.4 is 0 Å². The lowest BCUT2D eigenvalue weighted by Crippen LogP contribution is -2.09. The first-order chi connectivity index (χ1) is 8.33. The molecule has 1 aromatic rings. The second-order valence-electron chi connectivity index (χ2n) is 5.39. The van der Waals surface area contributed by atoms with Gasteiger partial charge in [0.2, 0.25) is 0 Å². The minimum Gasteiger partial charge on any atom is -0.388 e. The molecule has 0 spiro atoms. The third kappa shape index (κ3) is 2.72. The summed E-state index contributed by atoms with van der Waals surface area (Å²) >= 11 is 0. The van der Waals surface area contributed by atoms with Crippen molar-refractivity contribution in [2.45, 2.75) is 50.9 Å². The molecule has 2 fully saturated rings. The number of aromatic nitrogens is 1. The molecule has 3 nitrogen and oxygen atoms in total. The maximum absolute atomic E-state index is 10.0. The van der Waals surface area contributed by atoms with Gasteiger partial charge in [-0.3, -0.25) is 0 Å². The average Bonchev–Trinajstić information content (AvgIpc) is 2.88. The van der Waals surface area contributed by atoms with E-state index in [4.69, 9.17) is 4.74 Å². The lowest BCUT2D eigenvalue weighted by molar-refractivity contribution is 0.100. The minimum atomic E-state index is -0.237. The monoisotopic (exact) mass is 235 g/mol. The molecule has 3 heteroatoms. The molecular weight excluding hydrogens is 214 g/mol. The van der Waals surface area contributed by atoms with Crippen molar-refractivity contribution in [2.75, 3.05) is 6.61 Å². The molecule has 1 aliphatic carbocycles. The second-order valence-corrected chi connectivity index (χ2v) is 5.39. The van der Waals surface area contributed by atoms with Gasteiger partial charge in [-0.1, -0.05) is 0 Å². The molecule has 2 unspecified atom stereocenters. The van der Waals surface area contributed by atoms with E-state index in [1.54, 1.807) is 0 Å². The van der Waals surface area contributed by atoms with Crippen LogP contribution in [0.1, 0.15) is 43.8 Å². The lowest BCUT2D eigenvalue weighted by atomic mass is 10.1. The van der Waals surface area contributed by atoms with Crippen LogP contribution in [0.25, 0.3) is 0 Å². The lowest BCUT2D eigenvalue weighted by Gasteiger charge is -2.10. The number of ether oxygens (including phenoxy) is 1. The zero-order valence-electron chi connectivity index (χ0n) is 10.2. The van der Waals surface area contributed by atoms with Gasteiger partial charge in [0, 0.05) is 25.5 Å². The molecule has 1 N–H and O–H groups in total. The van der Waals surface area contributed by atoms with Gasteiger partial charge in [0.25, 0.3) is 0 Å². The number of aliphatic hydroxyl groups excluding tert-OH is 1. The first-order valence-corrected chi connectivity index (χ1v) is 6.78. The van der Waals surface area contributed by atoms with Gasteiger partial charge >= 0.3 is 0 Å². The van der Waals surface area contributed by atoms with Crippen molar-refractivity contribution >= 4 is 0 Å². The Bertz CT molecular complexity index is 364. The fourth-order valence-electron chi connectivity index (χ4n) is 2.62. The summed E-state index contributed by atoms with van der Waals surface area (Å²) in [4.78, 5) is 0. The quantitative estimate of drug-likeness (QED) is 0.851. The Labute approximate surface area is 102 Å². The Morgan fingerprint density at radius 1 is 1.41 bits per heavy atom. The topological polar surface area (TPSA) is 34.4 Å². The Morgan fingerprint density at radius 3 is 3.00 bits per heavy atom. The third-order valence-corrected chi connectivity index (χ3v) is 3.92. The predicted octanol–water partition coefficient (Wildman–Crippen LogP) is 2.50. The maximum Gasteiger partial charge on any atom is 0.0832 e. The van der Waals surface area contributed by atoms with Gasteiger partial charge in [-0.2, -0.15) is 0 Å². The van der Waals surface area contributed by atoms with Gasteiger partial charge in [-0.05, 0) is 49.7 Å². The molecule has 17 heavy (non-hydrogen) atoms. The van der Waals surface area contributed by atoms with Gasteiger partial charge in [0.1, 0.15) is 0 Å². The number of nitrogens with zero attached hydrogens (tertiary/aromatic N) is 1. The SMILES string of the molecule is OC(c1ccn(CCC2CCCO2)c1)C1CC1. The van der Waals surface area contributed by atoms with Crippen LogP contribution in [-0.2, 0) is 11.3 Å². The number of rotatable bonds is 5. The summed E-state index contributed by atoms with van der Waals surface area (Å²) in [7, 11) is 0. The highest BCUT2D eigenvalue weighted by molar-refractivity contribution is 5.16. The molecule has 1 saturated carbocycles. The number of hydrogen-bond donors (Lipinski definition) is 1. The molecule has 3 rings (SSSR count). The Hall–Kier alpha value is -0.800. The minimum absolute atomic E-state index is 0.237. The molecule has 1 saturated heterocycles. The molecule has 2 aliphatic rings. The number of aryl methyl sites for hydroxylation is 1. The second kappa shape index (κ2) is 4.83. The first-order valence-electron chi connectivity index (χ1n) is 6.78. The Balaban J connectivity index is 1.52. The maximum atomic E-state index is 10.0. The standard InChI is InChI=1S/C14H21NO2/c16-14(11-3-4-11)12-5-7-15(10-12)8-6-13-2-1-9-17-13/h5,7,10-11,13-14,16H,1-4,6,8-9H2. The summed E-state index contributed by atoms with van der Waals surface area (Å²) in [6.45, 7) is 1.93. The molecule has 0 radical (unpaired) electrons. The number of aliphatic hydroxyl groups is 1. The van der Waals surface area contributed by atoms with Crippen LogP contribution in [0.15, 0.2) is 18.5 Å². The van der Waals surface area contributed by atoms with Crippen molar-refractivity contribution in [3.8, 4) is 0 Å². The van der Waals surface area contributed by atoms with E-state index in [0.717, 1.165) is 25.1 Å². The van der Waals surface area contributed by atoms with E-state index in [0.29, 0.717) is 12.0 Å². The zero-order valence-corrected chi connectivity index (χ0v) is 10.2. The smallest absolute Gasteiger partial charge is 0.0832 e. The summed E-state index contributed by atoms with van der Waals surface area (Å²) in [5, 5.41) is 10.0. The van der Waals surface area contributed by atoms with Crippen molar-refractivity contribution in [1.82, 2.24) is 4.57 Å². The summed E-state index contributed by atoms with van der Waals surface area (Å²) in [6.07, 6.45) is 10.3. The van der Waals surface area contributed by atoms with Crippen LogP contribution in [0.5, 0.6) is 0 Å². The highest BCUT2D eigenvalue weighted by Crippen LogP contribution is 2.40. The van der Waals surface area contributed by atoms with Crippen molar-refractivity contribution < 1.29 is 9.84 Å². The van der Waals surface area contributed by atoms with E-state index in [1.165, 1.54) is 25.7 Å². The van der Waals surface area contributed by atoms with E-state index in [2.05, 4.69) is 23.0 Å². The fourth-order valence-corrected chi connectivity index (χ4v) is 2.62. The number of hydrogen-bond acceptors (Lipinski definition) is 2. The van der Waals surface area contributed by atoms with Gasteiger partial charge in [0.15, 0.2) is 0 Å². The van der Waals surface area contributed by atoms with E-state index < -0.39 is 0 Å². The van der Waals surface area contributed by atoms with Crippen LogP contribution in [0.2, 0.25) is 0 Å². The molecule has 2 atom stereocenters. The highest BCUT2D eigenvalue weighted by atomic mass is 16.5. The van der Waals surface area contributed by atoms with Crippen molar-refractivity contribution in [3.05, 3.63) is 24.0 Å². The van der Waals surface area contributed by atoms with E-state index in [1.807, 2.05) is 0 Å². The highest BCUT2D eigenvalue weighted by Gasteiger charge is 2.31. The van der Waals surface area contributed by atoms with Gasteiger partial charge in [-0.25, -0.2) is 0 Å². The molecule has 0 bridgehead atoms. The van der Waals surface area contributed by atoms with E-state index in [-0.39, 0.29) is 6.10 Å². The summed E-state index contributed by atoms with van der Waals surface area (Å²) < 4.78 is 7.80. The van der Waals surface area contributed by atoms with Gasteiger partial charge in [0.05, 0.1) is 12.2 Å². The van der Waals surface area contributed by atoms with Gasteiger partial charge < -0.3 is 14.4 Å². The molecule has 0 amide bonds. The predicted molar refractivity (Wildman–Crippen MR) is 65.7 cm³/mol. The van der Waals surface area contributed by atoms with Crippen LogP contribution in [-0.4, -0.2) is 22.4 Å². The van der Waals surface area contributed by atoms with Crippen LogP contribution in [0.3, 0.4) is 0 Å². The van der Waals surface area contributed by atoms with Gasteiger partial charge in [-0.15, -0.1) is 0 Å². The molecule has 94 valence electrons. The normalized spacial score (nSPS) is 26.3. The van der Waals surface area contributed by atoms with Crippen LogP contribution in [0.4, 0.5) is 0 Å². The summed E-state index contributed by atoms with van der Waals surface area (Å²) in [6, 6.07) is 2.05. The van der Waals surface area contributed by atoms with Crippen molar-refractivity contribution in [3.63, 3.8) is 0 Å². The third-order valence-electron chi connectivity index (χ3n) is 3.92. The van der Waals surface area contributed by atoms with E-state index >= 15 is 0 Å². The summed E-state index contributed by atoms with van der Waals surface area (Å²) in [5.41, 5.74) is 1.08. The van der Waals surface area contributed by atoms with Crippen molar-refractivity contribution in [2.24, 2.45) is 5.92 Å². The Kier molecular flexibility index (Phi) is 3.21. The average molecular weight is 235 g/mol. The largest absolute Gasteiger partial charge is 0.388 e. The summed E-state index contributed by atoms with van der Waals surface area (Å²) in [5.74, 6) is 0.518. The molecule has 1 aromatic heterocycles. The molecular formula is C14H21NO2. The Morgan fingerprint density at radius 2 is 2.29 bits per heavy atom. The van der Waals surface area contributed by atoms with Crippen molar-refractivity contribution in [1.29, 1.82) is 0 Å². The fraction of sp³-hybridized carbons (Fsp3) is 0.714. The van der Waals surface area contributed by atoms with Crippen LogP contribution in [0, 0.1) is 5.92 Å². The molecule has 1 aliphatic heterocycles. The van der Waals surface area contributed by atoms with E-state index in [9.17, 15) is 5.11 Å². The first kappa shape index (κ1) is 11.3. The zero-order chi connectivity index (χ0) is 11.7.